The number of rotatable bonds is 5. The molecule has 0 bridgehead atoms. The van der Waals surface area contributed by atoms with E-state index < -0.39 is 17.6 Å². The standard InChI is InChI=1S/C15H18F4N6/c1-3-20-14(22-8-13-24-23-9-25(13)2)21-7-10-4-5-11(16)6-12(10)15(17,18)19/h4-6,9H,3,7-8H2,1-2H3,(H2,20,21,22). The third-order valence-electron chi connectivity index (χ3n) is 3.35. The lowest BCUT2D eigenvalue weighted by Gasteiger charge is -2.13. The Balaban J connectivity index is 2.14. The molecule has 10 heteroatoms. The summed E-state index contributed by atoms with van der Waals surface area (Å²) in [5, 5.41) is 13.5. The molecule has 0 atom stereocenters. The molecule has 1 aromatic heterocycles. The first kappa shape index (κ1) is 18.7. The molecule has 2 aromatic rings. The van der Waals surface area contributed by atoms with Crippen molar-refractivity contribution >= 4 is 5.96 Å². The van der Waals surface area contributed by atoms with E-state index in [4.69, 9.17) is 0 Å². The molecule has 0 fully saturated rings. The normalized spacial score (nSPS) is 12.3. The predicted octanol–water partition coefficient (Wildman–Crippen LogP) is 2.23. The summed E-state index contributed by atoms with van der Waals surface area (Å²) in [6.07, 6.45) is -3.10. The van der Waals surface area contributed by atoms with Crippen LogP contribution in [0.2, 0.25) is 0 Å². The summed E-state index contributed by atoms with van der Waals surface area (Å²) in [7, 11) is 1.77. The maximum Gasteiger partial charge on any atom is 0.416 e. The van der Waals surface area contributed by atoms with Crippen molar-refractivity contribution in [3.05, 3.63) is 47.3 Å². The monoisotopic (exact) mass is 358 g/mol. The fraction of sp³-hybridized carbons (Fsp3) is 0.400. The number of alkyl halides is 3. The van der Waals surface area contributed by atoms with Crippen LogP contribution in [0.15, 0.2) is 29.5 Å². The van der Waals surface area contributed by atoms with Gasteiger partial charge in [-0.1, -0.05) is 6.07 Å². The molecule has 0 aliphatic heterocycles. The van der Waals surface area contributed by atoms with Crippen LogP contribution < -0.4 is 10.6 Å². The van der Waals surface area contributed by atoms with Gasteiger partial charge in [-0.2, -0.15) is 13.2 Å². The van der Waals surface area contributed by atoms with Gasteiger partial charge >= 0.3 is 6.18 Å². The third kappa shape index (κ3) is 5.16. The van der Waals surface area contributed by atoms with Crippen molar-refractivity contribution in [3.8, 4) is 0 Å². The summed E-state index contributed by atoms with van der Waals surface area (Å²) in [4.78, 5) is 4.13. The van der Waals surface area contributed by atoms with E-state index in [0.717, 1.165) is 12.1 Å². The van der Waals surface area contributed by atoms with Gasteiger partial charge in [-0.15, -0.1) is 10.2 Å². The highest BCUT2D eigenvalue weighted by Crippen LogP contribution is 2.32. The second-order valence-corrected chi connectivity index (χ2v) is 5.21. The number of guanidine groups is 1. The van der Waals surface area contributed by atoms with Gasteiger partial charge in [-0.25, -0.2) is 9.38 Å². The number of benzene rings is 1. The summed E-state index contributed by atoms with van der Waals surface area (Å²) >= 11 is 0. The van der Waals surface area contributed by atoms with E-state index in [9.17, 15) is 17.6 Å². The molecule has 25 heavy (non-hydrogen) atoms. The number of aromatic nitrogens is 3. The van der Waals surface area contributed by atoms with E-state index in [2.05, 4.69) is 25.8 Å². The number of hydrogen-bond donors (Lipinski definition) is 2. The van der Waals surface area contributed by atoms with Gasteiger partial charge in [0.2, 0.25) is 0 Å². The maximum atomic E-state index is 13.1. The Morgan fingerprint density at radius 3 is 2.64 bits per heavy atom. The Hall–Kier alpha value is -2.65. The highest BCUT2D eigenvalue weighted by Gasteiger charge is 2.33. The first-order valence-corrected chi connectivity index (χ1v) is 7.52. The Bertz CT molecular complexity index is 738. The quantitative estimate of drug-likeness (QED) is 0.489. The fourth-order valence-corrected chi connectivity index (χ4v) is 2.09. The van der Waals surface area contributed by atoms with Crippen molar-refractivity contribution in [2.75, 3.05) is 6.54 Å². The molecule has 1 aromatic carbocycles. The Kier molecular flexibility index (Phi) is 5.94. The summed E-state index contributed by atoms with van der Waals surface area (Å²) < 4.78 is 53.9. The molecular weight excluding hydrogens is 340 g/mol. The minimum absolute atomic E-state index is 0.107. The minimum atomic E-state index is -4.64. The second-order valence-electron chi connectivity index (χ2n) is 5.21. The molecule has 0 aliphatic carbocycles. The molecule has 1 heterocycles. The zero-order valence-corrected chi connectivity index (χ0v) is 13.7. The highest BCUT2D eigenvalue weighted by atomic mass is 19.4. The van der Waals surface area contributed by atoms with Crippen LogP contribution in [0, 0.1) is 5.82 Å². The number of nitrogens with zero attached hydrogens (tertiary/aromatic N) is 4. The van der Waals surface area contributed by atoms with Crippen molar-refractivity contribution in [1.82, 2.24) is 25.4 Å². The fourth-order valence-electron chi connectivity index (χ4n) is 2.09. The Morgan fingerprint density at radius 2 is 2.04 bits per heavy atom. The second kappa shape index (κ2) is 7.95. The lowest BCUT2D eigenvalue weighted by atomic mass is 10.1. The van der Waals surface area contributed by atoms with Crippen LogP contribution in [0.25, 0.3) is 0 Å². The topological polar surface area (TPSA) is 67.1 Å². The smallest absolute Gasteiger partial charge is 0.357 e. The zero-order chi connectivity index (χ0) is 18.4. The average molecular weight is 358 g/mol. The van der Waals surface area contributed by atoms with Gasteiger partial charge in [0.1, 0.15) is 12.1 Å². The summed E-state index contributed by atoms with van der Waals surface area (Å²) in [6, 6.07) is 2.55. The molecule has 0 saturated heterocycles. The van der Waals surface area contributed by atoms with Gasteiger partial charge in [-0.05, 0) is 24.6 Å². The van der Waals surface area contributed by atoms with Gasteiger partial charge in [0.05, 0.1) is 18.7 Å². The molecule has 6 nitrogen and oxygen atoms in total. The van der Waals surface area contributed by atoms with E-state index in [1.807, 2.05) is 6.92 Å². The maximum absolute atomic E-state index is 13.1. The van der Waals surface area contributed by atoms with Crippen molar-refractivity contribution in [1.29, 1.82) is 0 Å². The Morgan fingerprint density at radius 1 is 1.28 bits per heavy atom. The number of halogens is 4. The van der Waals surface area contributed by atoms with Crippen LogP contribution in [0.5, 0.6) is 0 Å². The van der Waals surface area contributed by atoms with Gasteiger partial charge < -0.3 is 15.2 Å². The Labute approximate surface area is 142 Å². The molecule has 0 aliphatic rings. The number of hydrogen-bond acceptors (Lipinski definition) is 3. The molecule has 0 spiro atoms. The van der Waals surface area contributed by atoms with E-state index in [1.54, 1.807) is 11.6 Å². The van der Waals surface area contributed by atoms with Gasteiger partial charge in [0.15, 0.2) is 11.8 Å². The van der Waals surface area contributed by atoms with Gasteiger partial charge in [0, 0.05) is 13.6 Å². The number of aliphatic imine (C=N–C) groups is 1. The van der Waals surface area contributed by atoms with Gasteiger partial charge in [0.25, 0.3) is 0 Å². The first-order valence-electron chi connectivity index (χ1n) is 7.52. The lowest BCUT2D eigenvalue weighted by molar-refractivity contribution is -0.138. The average Bonchev–Trinajstić information content (AvgIpc) is 2.95. The van der Waals surface area contributed by atoms with Crippen LogP contribution in [-0.2, 0) is 26.3 Å². The van der Waals surface area contributed by atoms with Crippen molar-refractivity contribution < 1.29 is 17.6 Å². The summed E-state index contributed by atoms with van der Waals surface area (Å²) in [6.45, 7) is 2.42. The first-order chi connectivity index (χ1) is 11.8. The van der Waals surface area contributed by atoms with Crippen LogP contribution in [0.4, 0.5) is 17.6 Å². The van der Waals surface area contributed by atoms with E-state index in [-0.39, 0.29) is 12.1 Å². The van der Waals surface area contributed by atoms with Gasteiger partial charge in [-0.3, -0.25) is 0 Å². The predicted molar refractivity (Wildman–Crippen MR) is 84.1 cm³/mol. The molecule has 0 amide bonds. The largest absolute Gasteiger partial charge is 0.416 e. The van der Waals surface area contributed by atoms with E-state index >= 15 is 0 Å². The SMILES string of the molecule is CCNC(=NCc1ccc(F)cc1C(F)(F)F)NCc1nncn1C. The van der Waals surface area contributed by atoms with E-state index in [1.165, 1.54) is 6.33 Å². The van der Waals surface area contributed by atoms with E-state index in [0.29, 0.717) is 30.9 Å². The van der Waals surface area contributed by atoms with Crippen molar-refractivity contribution in [2.24, 2.45) is 12.0 Å². The molecule has 2 N–H and O–H groups in total. The number of nitrogens with one attached hydrogen (secondary N) is 2. The van der Waals surface area contributed by atoms with Crippen LogP contribution in [0.1, 0.15) is 23.9 Å². The van der Waals surface area contributed by atoms with Crippen LogP contribution >= 0.6 is 0 Å². The summed E-state index contributed by atoms with van der Waals surface area (Å²) in [5.74, 6) is 0.0266. The minimum Gasteiger partial charge on any atom is -0.357 e. The molecule has 0 radical (unpaired) electrons. The molecule has 0 saturated carbocycles. The van der Waals surface area contributed by atoms with Crippen molar-refractivity contribution in [2.45, 2.75) is 26.2 Å². The van der Waals surface area contributed by atoms with Crippen LogP contribution in [0.3, 0.4) is 0 Å². The molecule has 0 unspecified atom stereocenters. The summed E-state index contributed by atoms with van der Waals surface area (Å²) in [5.41, 5.74) is -1.13. The zero-order valence-electron chi connectivity index (χ0n) is 13.7. The van der Waals surface area contributed by atoms with Crippen LogP contribution in [-0.4, -0.2) is 27.3 Å². The highest BCUT2D eigenvalue weighted by molar-refractivity contribution is 5.79. The molecular formula is C15H18F4N6. The number of aryl methyl sites for hydroxylation is 1. The third-order valence-corrected chi connectivity index (χ3v) is 3.35. The molecule has 2 rings (SSSR count). The molecule has 136 valence electrons. The lowest BCUT2D eigenvalue weighted by Crippen LogP contribution is -2.37. The van der Waals surface area contributed by atoms with Crippen molar-refractivity contribution in [3.63, 3.8) is 0 Å².